The zero-order chi connectivity index (χ0) is 16.7. The predicted octanol–water partition coefficient (Wildman–Crippen LogP) is 3.72. The summed E-state index contributed by atoms with van der Waals surface area (Å²) in [5.41, 5.74) is -0.0668. The van der Waals surface area contributed by atoms with Gasteiger partial charge in [0.2, 0.25) is 5.91 Å². The van der Waals surface area contributed by atoms with E-state index in [1.54, 1.807) is 6.92 Å². The molecule has 0 unspecified atom stereocenters. The molecule has 0 radical (unpaired) electrons. The normalized spacial score (nSPS) is 27.7. The molecule has 2 fully saturated rings. The van der Waals surface area contributed by atoms with Crippen LogP contribution in [0.3, 0.4) is 0 Å². The fourth-order valence-corrected chi connectivity index (χ4v) is 4.51. The second-order valence-electron chi connectivity index (χ2n) is 6.94. The molecule has 1 amide bonds. The van der Waals surface area contributed by atoms with Crippen molar-refractivity contribution in [3.8, 4) is 0 Å². The van der Waals surface area contributed by atoms with Gasteiger partial charge in [0, 0.05) is 6.04 Å². The van der Waals surface area contributed by atoms with Gasteiger partial charge in [0.05, 0.1) is 10.7 Å². The third-order valence-corrected chi connectivity index (χ3v) is 5.95. The first kappa shape index (κ1) is 16.7. The average molecular weight is 346 g/mol. The number of carbonyl (C=O) groups is 1. The van der Waals surface area contributed by atoms with Crippen molar-refractivity contribution in [3.05, 3.63) is 16.4 Å². The van der Waals surface area contributed by atoms with E-state index in [1.165, 1.54) is 30.4 Å². The number of fused-ring (bicyclic) bond motifs is 2. The molecule has 2 aliphatic carbocycles. The summed E-state index contributed by atoms with van der Waals surface area (Å²) in [5, 5.41) is 6.71. The molecule has 0 saturated heterocycles. The molecule has 23 heavy (non-hydrogen) atoms. The maximum absolute atomic E-state index is 12.8. The lowest BCUT2D eigenvalue weighted by atomic mass is 9.84. The summed E-state index contributed by atoms with van der Waals surface area (Å²) in [5.74, 6) is 1.88. The number of carbonyl (C=O) groups excluding carboxylic acids is 1. The molecule has 1 N–H and O–H groups in total. The first-order chi connectivity index (χ1) is 10.9. The molecule has 0 aliphatic heterocycles. The smallest absolute Gasteiger partial charge is 0.283 e. The molecule has 128 valence electrons. The second-order valence-corrected chi connectivity index (χ2v) is 7.32. The third-order valence-electron chi connectivity index (χ3n) is 5.48. The van der Waals surface area contributed by atoms with E-state index in [0.29, 0.717) is 11.6 Å². The summed E-state index contributed by atoms with van der Waals surface area (Å²) in [6, 6.07) is 0.110. The van der Waals surface area contributed by atoms with Crippen LogP contribution < -0.4 is 5.32 Å². The highest BCUT2D eigenvalue weighted by atomic mass is 35.5. The average Bonchev–Trinajstić information content (AvgIpc) is 3.17. The Bertz CT molecular complexity index is 604. The molecule has 4 nitrogen and oxygen atoms in total. The van der Waals surface area contributed by atoms with Crippen LogP contribution in [0.15, 0.2) is 0 Å². The number of hydrogen-bond acceptors (Lipinski definition) is 2. The van der Waals surface area contributed by atoms with Gasteiger partial charge in [-0.05, 0) is 50.9 Å². The Kier molecular flexibility index (Phi) is 4.63. The number of amides is 1. The number of rotatable bonds is 5. The summed E-state index contributed by atoms with van der Waals surface area (Å²) in [7, 11) is 0. The molecule has 2 aliphatic rings. The van der Waals surface area contributed by atoms with E-state index in [9.17, 15) is 13.6 Å². The van der Waals surface area contributed by atoms with E-state index < -0.39 is 12.1 Å². The zero-order valence-corrected chi connectivity index (χ0v) is 14.1. The Labute approximate surface area is 139 Å². The van der Waals surface area contributed by atoms with Crippen molar-refractivity contribution in [2.45, 2.75) is 58.5 Å². The van der Waals surface area contributed by atoms with Crippen molar-refractivity contribution in [3.63, 3.8) is 0 Å². The Morgan fingerprint density at radius 3 is 2.70 bits per heavy atom. The van der Waals surface area contributed by atoms with Gasteiger partial charge in [-0.25, -0.2) is 8.78 Å². The molecule has 3 rings (SSSR count). The van der Waals surface area contributed by atoms with Crippen molar-refractivity contribution < 1.29 is 13.6 Å². The highest BCUT2D eigenvalue weighted by Gasteiger charge is 2.42. The van der Waals surface area contributed by atoms with Gasteiger partial charge in [-0.3, -0.25) is 9.48 Å². The van der Waals surface area contributed by atoms with Gasteiger partial charge < -0.3 is 5.32 Å². The summed E-state index contributed by atoms with van der Waals surface area (Å²) in [6.45, 7) is 3.55. The topological polar surface area (TPSA) is 46.9 Å². The molecule has 1 aromatic heterocycles. The van der Waals surface area contributed by atoms with E-state index in [0.717, 1.165) is 11.8 Å². The monoisotopic (exact) mass is 345 g/mol. The standard InChI is InChI=1S/C16H22ClF2N3O/c1-8(12-6-10-3-4-11(12)5-10)20-13(23)7-22-9(2)14(17)15(21-22)16(18)19/h8,10-12,16H,3-7H2,1-2H3,(H,20,23)/t8-,10-,11-,12-/m1/s1. The van der Waals surface area contributed by atoms with Crippen LogP contribution in [-0.2, 0) is 11.3 Å². The van der Waals surface area contributed by atoms with Crippen LogP contribution in [0.5, 0.6) is 0 Å². The fourth-order valence-electron chi connectivity index (χ4n) is 4.29. The van der Waals surface area contributed by atoms with Crippen molar-refractivity contribution in [2.24, 2.45) is 17.8 Å². The Balaban J connectivity index is 1.60. The van der Waals surface area contributed by atoms with Gasteiger partial charge in [-0.1, -0.05) is 18.0 Å². The Hall–Kier alpha value is -1.17. The molecule has 1 heterocycles. The number of aromatic nitrogens is 2. The minimum Gasteiger partial charge on any atom is -0.352 e. The number of nitrogens with one attached hydrogen (secondary N) is 1. The summed E-state index contributed by atoms with van der Waals surface area (Å²) < 4.78 is 26.9. The van der Waals surface area contributed by atoms with E-state index in [-0.39, 0.29) is 23.5 Å². The van der Waals surface area contributed by atoms with E-state index in [4.69, 9.17) is 11.6 Å². The molecule has 2 bridgehead atoms. The maximum Gasteiger partial charge on any atom is 0.283 e. The third kappa shape index (κ3) is 3.23. The van der Waals surface area contributed by atoms with Crippen LogP contribution in [0.4, 0.5) is 8.78 Å². The Morgan fingerprint density at radius 2 is 2.17 bits per heavy atom. The lowest BCUT2D eigenvalue weighted by Gasteiger charge is -2.28. The molecule has 0 spiro atoms. The number of alkyl halides is 2. The number of halogens is 3. The number of hydrogen-bond donors (Lipinski definition) is 1. The Morgan fingerprint density at radius 1 is 1.43 bits per heavy atom. The van der Waals surface area contributed by atoms with Gasteiger partial charge in [-0.15, -0.1) is 0 Å². The molecule has 2 saturated carbocycles. The van der Waals surface area contributed by atoms with Crippen LogP contribution in [0.2, 0.25) is 5.02 Å². The van der Waals surface area contributed by atoms with Gasteiger partial charge >= 0.3 is 0 Å². The van der Waals surface area contributed by atoms with Crippen LogP contribution in [0.1, 0.15) is 50.4 Å². The maximum atomic E-state index is 12.8. The molecule has 4 atom stereocenters. The fraction of sp³-hybridized carbons (Fsp3) is 0.750. The summed E-state index contributed by atoms with van der Waals surface area (Å²) in [6.07, 6.45) is 2.33. The lowest BCUT2D eigenvalue weighted by molar-refractivity contribution is -0.123. The van der Waals surface area contributed by atoms with Crippen molar-refractivity contribution in [1.82, 2.24) is 15.1 Å². The summed E-state index contributed by atoms with van der Waals surface area (Å²) >= 11 is 5.85. The molecule has 7 heteroatoms. The molecule has 0 aromatic carbocycles. The van der Waals surface area contributed by atoms with Gasteiger partial charge in [0.1, 0.15) is 12.2 Å². The highest BCUT2D eigenvalue weighted by Crippen LogP contribution is 2.49. The SMILES string of the molecule is Cc1c(Cl)c(C(F)F)nn1CC(=O)N[C@H](C)[C@H]1C[C@@H]2CC[C@@H]1C2. The van der Waals surface area contributed by atoms with E-state index in [2.05, 4.69) is 10.4 Å². The van der Waals surface area contributed by atoms with E-state index in [1.807, 2.05) is 6.92 Å². The number of nitrogens with zero attached hydrogens (tertiary/aromatic N) is 2. The first-order valence-corrected chi connectivity index (χ1v) is 8.55. The minimum absolute atomic E-state index is 0.0612. The molecular weight excluding hydrogens is 324 g/mol. The van der Waals surface area contributed by atoms with Crippen LogP contribution in [0, 0.1) is 24.7 Å². The summed E-state index contributed by atoms with van der Waals surface area (Å²) in [4.78, 5) is 12.2. The highest BCUT2D eigenvalue weighted by molar-refractivity contribution is 6.31. The molecule has 1 aromatic rings. The van der Waals surface area contributed by atoms with Gasteiger partial charge in [0.15, 0.2) is 0 Å². The van der Waals surface area contributed by atoms with Crippen LogP contribution >= 0.6 is 11.6 Å². The van der Waals surface area contributed by atoms with Gasteiger partial charge in [-0.2, -0.15) is 5.10 Å². The predicted molar refractivity (Wildman–Crippen MR) is 83.5 cm³/mol. The van der Waals surface area contributed by atoms with Crippen molar-refractivity contribution in [2.75, 3.05) is 0 Å². The lowest BCUT2D eigenvalue weighted by Crippen LogP contribution is -2.41. The van der Waals surface area contributed by atoms with Crippen molar-refractivity contribution >= 4 is 17.5 Å². The zero-order valence-electron chi connectivity index (χ0n) is 13.4. The first-order valence-electron chi connectivity index (χ1n) is 8.17. The van der Waals surface area contributed by atoms with Gasteiger partial charge in [0.25, 0.3) is 6.43 Å². The van der Waals surface area contributed by atoms with Crippen molar-refractivity contribution in [1.29, 1.82) is 0 Å². The van der Waals surface area contributed by atoms with Crippen LogP contribution in [0.25, 0.3) is 0 Å². The minimum atomic E-state index is -2.74. The second kappa shape index (κ2) is 6.38. The molecular formula is C16H22ClF2N3O. The quantitative estimate of drug-likeness (QED) is 0.884. The van der Waals surface area contributed by atoms with E-state index >= 15 is 0 Å². The largest absolute Gasteiger partial charge is 0.352 e. The van der Waals surface area contributed by atoms with Crippen LogP contribution in [-0.4, -0.2) is 21.7 Å².